The molecular formula is C18H18O2. The maximum atomic E-state index is 12.5. The average Bonchev–Trinajstić information content (AvgIpc) is 2.54. The van der Waals surface area contributed by atoms with Crippen LogP contribution in [-0.2, 0) is 12.8 Å². The second kappa shape index (κ2) is 5.49. The molecule has 0 amide bonds. The monoisotopic (exact) mass is 266 g/mol. The summed E-state index contributed by atoms with van der Waals surface area (Å²) in [5.41, 5.74) is 3.89. The minimum Gasteiger partial charge on any atom is -0.493 e. The van der Waals surface area contributed by atoms with E-state index in [1.807, 2.05) is 42.5 Å². The van der Waals surface area contributed by atoms with Crippen LogP contribution in [0.2, 0.25) is 0 Å². The van der Waals surface area contributed by atoms with Crippen LogP contribution in [0.1, 0.15) is 40.4 Å². The van der Waals surface area contributed by atoms with Crippen molar-refractivity contribution < 1.29 is 9.53 Å². The smallest absolute Gasteiger partial charge is 0.193 e. The van der Waals surface area contributed by atoms with Gasteiger partial charge in [0.2, 0.25) is 0 Å². The van der Waals surface area contributed by atoms with Crippen molar-refractivity contribution in [3.8, 4) is 5.75 Å². The fraction of sp³-hybridized carbons (Fsp3) is 0.278. The van der Waals surface area contributed by atoms with Crippen molar-refractivity contribution in [1.82, 2.24) is 0 Å². The molecule has 0 saturated heterocycles. The lowest BCUT2D eigenvalue weighted by Crippen LogP contribution is -2.10. The highest BCUT2D eigenvalue weighted by Crippen LogP contribution is 2.26. The Morgan fingerprint density at radius 3 is 2.60 bits per heavy atom. The second-order valence-corrected chi connectivity index (χ2v) is 5.15. The standard InChI is InChI=1S/C18H18O2/c1-2-13-5-7-14(8-6-13)18(19)16-9-10-17-15(12-16)4-3-11-20-17/h5-10,12H,2-4,11H2,1H3. The largest absolute Gasteiger partial charge is 0.493 e. The number of benzene rings is 2. The molecule has 0 aliphatic carbocycles. The van der Waals surface area contributed by atoms with Gasteiger partial charge in [0.25, 0.3) is 0 Å². The minimum atomic E-state index is 0.0843. The summed E-state index contributed by atoms with van der Waals surface area (Å²) in [6, 6.07) is 13.6. The van der Waals surface area contributed by atoms with Crippen LogP contribution in [0.3, 0.4) is 0 Å². The van der Waals surface area contributed by atoms with Gasteiger partial charge in [-0.3, -0.25) is 4.79 Å². The van der Waals surface area contributed by atoms with Crippen molar-refractivity contribution in [2.45, 2.75) is 26.2 Å². The third-order valence-corrected chi connectivity index (χ3v) is 3.80. The molecule has 1 aliphatic rings. The molecule has 1 aliphatic heterocycles. The third-order valence-electron chi connectivity index (χ3n) is 3.80. The minimum absolute atomic E-state index is 0.0843. The first-order valence-electron chi connectivity index (χ1n) is 7.17. The van der Waals surface area contributed by atoms with Gasteiger partial charge in [0, 0.05) is 11.1 Å². The van der Waals surface area contributed by atoms with E-state index in [4.69, 9.17) is 4.74 Å². The zero-order chi connectivity index (χ0) is 13.9. The SMILES string of the molecule is CCc1ccc(C(=O)c2ccc3c(c2)CCCO3)cc1. The Balaban J connectivity index is 1.89. The number of rotatable bonds is 3. The summed E-state index contributed by atoms with van der Waals surface area (Å²) in [4.78, 5) is 12.5. The van der Waals surface area contributed by atoms with Crippen LogP contribution in [0, 0.1) is 0 Å². The molecule has 0 spiro atoms. The first kappa shape index (κ1) is 12.9. The number of aryl methyl sites for hydroxylation is 2. The molecule has 0 saturated carbocycles. The molecule has 0 atom stereocenters. The van der Waals surface area contributed by atoms with Crippen molar-refractivity contribution >= 4 is 5.78 Å². The topological polar surface area (TPSA) is 26.3 Å². The number of hydrogen-bond acceptors (Lipinski definition) is 2. The summed E-state index contributed by atoms with van der Waals surface area (Å²) in [6.07, 6.45) is 3.01. The van der Waals surface area contributed by atoms with Gasteiger partial charge < -0.3 is 4.74 Å². The van der Waals surface area contributed by atoms with Gasteiger partial charge in [-0.15, -0.1) is 0 Å². The van der Waals surface area contributed by atoms with E-state index in [2.05, 4.69) is 6.92 Å². The van der Waals surface area contributed by atoms with Crippen LogP contribution in [0.5, 0.6) is 5.75 Å². The molecule has 1 heterocycles. The van der Waals surface area contributed by atoms with Crippen LogP contribution in [-0.4, -0.2) is 12.4 Å². The van der Waals surface area contributed by atoms with Crippen LogP contribution in [0.15, 0.2) is 42.5 Å². The molecule has 0 bridgehead atoms. The molecule has 0 aromatic heterocycles. The van der Waals surface area contributed by atoms with E-state index in [9.17, 15) is 4.79 Å². The van der Waals surface area contributed by atoms with Gasteiger partial charge in [-0.1, -0.05) is 31.2 Å². The summed E-state index contributed by atoms with van der Waals surface area (Å²) in [6.45, 7) is 2.89. The molecule has 0 fully saturated rings. The van der Waals surface area contributed by atoms with E-state index in [0.29, 0.717) is 0 Å². The van der Waals surface area contributed by atoms with E-state index >= 15 is 0 Å². The van der Waals surface area contributed by atoms with Crippen LogP contribution in [0.25, 0.3) is 0 Å². The molecule has 2 nitrogen and oxygen atoms in total. The highest BCUT2D eigenvalue weighted by Gasteiger charge is 2.14. The van der Waals surface area contributed by atoms with Crippen molar-refractivity contribution in [3.63, 3.8) is 0 Å². The molecule has 2 aromatic carbocycles. The molecular weight excluding hydrogens is 248 g/mol. The molecule has 0 N–H and O–H groups in total. The van der Waals surface area contributed by atoms with E-state index < -0.39 is 0 Å². The molecule has 20 heavy (non-hydrogen) atoms. The second-order valence-electron chi connectivity index (χ2n) is 5.15. The Bertz CT molecular complexity index is 626. The van der Waals surface area contributed by atoms with Crippen molar-refractivity contribution in [1.29, 1.82) is 0 Å². The first-order valence-corrected chi connectivity index (χ1v) is 7.17. The van der Waals surface area contributed by atoms with Gasteiger partial charge >= 0.3 is 0 Å². The summed E-state index contributed by atoms with van der Waals surface area (Å²) < 4.78 is 5.58. The van der Waals surface area contributed by atoms with Crippen molar-refractivity contribution in [2.24, 2.45) is 0 Å². The molecule has 0 radical (unpaired) electrons. The van der Waals surface area contributed by atoms with Gasteiger partial charge in [-0.25, -0.2) is 0 Å². The van der Waals surface area contributed by atoms with Crippen LogP contribution >= 0.6 is 0 Å². The number of hydrogen-bond donors (Lipinski definition) is 0. The maximum Gasteiger partial charge on any atom is 0.193 e. The first-order chi connectivity index (χ1) is 9.78. The third kappa shape index (κ3) is 2.46. The van der Waals surface area contributed by atoms with Crippen LogP contribution < -0.4 is 4.74 Å². The van der Waals surface area contributed by atoms with Gasteiger partial charge in [0.1, 0.15) is 5.75 Å². The number of ketones is 1. The molecule has 2 aromatic rings. The van der Waals surface area contributed by atoms with Gasteiger partial charge in [-0.2, -0.15) is 0 Å². The Kier molecular flexibility index (Phi) is 3.55. The number of ether oxygens (including phenoxy) is 1. The Hall–Kier alpha value is -2.09. The predicted molar refractivity (Wildman–Crippen MR) is 79.5 cm³/mol. The van der Waals surface area contributed by atoms with E-state index in [0.717, 1.165) is 48.3 Å². The molecule has 3 rings (SSSR count). The average molecular weight is 266 g/mol. The predicted octanol–water partition coefficient (Wildman–Crippen LogP) is 3.81. The zero-order valence-electron chi connectivity index (χ0n) is 11.7. The fourth-order valence-electron chi connectivity index (χ4n) is 2.56. The fourth-order valence-corrected chi connectivity index (χ4v) is 2.56. The van der Waals surface area contributed by atoms with Crippen molar-refractivity contribution in [3.05, 3.63) is 64.7 Å². The van der Waals surface area contributed by atoms with Gasteiger partial charge in [0.15, 0.2) is 5.78 Å². The lowest BCUT2D eigenvalue weighted by atomic mass is 9.97. The molecule has 2 heteroatoms. The summed E-state index contributed by atoms with van der Waals surface area (Å²) in [5.74, 6) is 1.01. The summed E-state index contributed by atoms with van der Waals surface area (Å²) in [5, 5.41) is 0. The van der Waals surface area contributed by atoms with Gasteiger partial charge in [0.05, 0.1) is 6.61 Å². The maximum absolute atomic E-state index is 12.5. The Labute approximate surface area is 119 Å². The van der Waals surface area contributed by atoms with E-state index in [-0.39, 0.29) is 5.78 Å². The van der Waals surface area contributed by atoms with E-state index in [1.54, 1.807) is 0 Å². The lowest BCUT2D eigenvalue weighted by Gasteiger charge is -2.17. The number of fused-ring (bicyclic) bond motifs is 1. The quantitative estimate of drug-likeness (QED) is 0.790. The normalized spacial score (nSPS) is 13.4. The van der Waals surface area contributed by atoms with E-state index in [1.165, 1.54) is 5.56 Å². The van der Waals surface area contributed by atoms with Crippen molar-refractivity contribution in [2.75, 3.05) is 6.61 Å². The number of carbonyl (C=O) groups excluding carboxylic acids is 1. The highest BCUT2D eigenvalue weighted by molar-refractivity contribution is 6.09. The summed E-state index contributed by atoms with van der Waals surface area (Å²) >= 11 is 0. The van der Waals surface area contributed by atoms with Gasteiger partial charge in [-0.05, 0) is 48.6 Å². The van der Waals surface area contributed by atoms with Crippen LogP contribution in [0.4, 0.5) is 0 Å². The highest BCUT2D eigenvalue weighted by atomic mass is 16.5. The summed E-state index contributed by atoms with van der Waals surface area (Å²) in [7, 11) is 0. The Morgan fingerprint density at radius 2 is 1.85 bits per heavy atom. The lowest BCUT2D eigenvalue weighted by molar-refractivity contribution is 0.103. The number of carbonyl (C=O) groups is 1. The molecule has 102 valence electrons. The zero-order valence-corrected chi connectivity index (χ0v) is 11.7. The Morgan fingerprint density at radius 1 is 1.10 bits per heavy atom. The molecule has 0 unspecified atom stereocenters.